The lowest BCUT2D eigenvalue weighted by atomic mass is 9.95. The van der Waals surface area contributed by atoms with Crippen LogP contribution < -0.4 is 14.7 Å². The monoisotopic (exact) mass is 1530 g/mol. The summed E-state index contributed by atoms with van der Waals surface area (Å²) >= 11 is 0. The Morgan fingerprint density at radius 2 is 0.912 bits per heavy atom. The zero-order valence-electron chi connectivity index (χ0n) is 64.7. The predicted octanol–water partition coefficient (Wildman–Crippen LogP) is 16.7. The van der Waals surface area contributed by atoms with Gasteiger partial charge in [-0.3, -0.25) is 54.6 Å². The van der Waals surface area contributed by atoms with Gasteiger partial charge in [0.2, 0.25) is 15.9 Å². The molecule has 22 heteroatoms. The second-order valence-corrected chi connectivity index (χ2v) is 32.3. The summed E-state index contributed by atoms with van der Waals surface area (Å²) in [5.74, 6) is 3.37. The van der Waals surface area contributed by atoms with Gasteiger partial charge in [-0.2, -0.15) is 0 Å². The van der Waals surface area contributed by atoms with Crippen LogP contribution in [0.5, 0.6) is 0 Å². The summed E-state index contributed by atoms with van der Waals surface area (Å²) in [6, 6.07) is 26.3. The van der Waals surface area contributed by atoms with Gasteiger partial charge in [0.15, 0.2) is 17.5 Å². The van der Waals surface area contributed by atoms with Crippen molar-refractivity contribution in [1.29, 1.82) is 0 Å². The fourth-order valence-electron chi connectivity index (χ4n) is 15.8. The molecule has 3 saturated heterocycles. The van der Waals surface area contributed by atoms with Crippen molar-refractivity contribution in [3.05, 3.63) is 257 Å². The van der Waals surface area contributed by atoms with Gasteiger partial charge in [0.05, 0.1) is 87.1 Å². The van der Waals surface area contributed by atoms with Crippen molar-refractivity contribution in [2.75, 3.05) is 75.1 Å². The van der Waals surface area contributed by atoms with Gasteiger partial charge in [-0.25, -0.2) is 32.7 Å². The van der Waals surface area contributed by atoms with E-state index < -0.39 is 10.0 Å². The highest BCUT2D eigenvalue weighted by Gasteiger charge is 2.29. The van der Waals surface area contributed by atoms with Gasteiger partial charge in [-0.05, 0) is 195 Å². The molecule has 0 unspecified atom stereocenters. The van der Waals surface area contributed by atoms with Gasteiger partial charge in [0.25, 0.3) is 0 Å². The third-order valence-electron chi connectivity index (χ3n) is 22.3. The Morgan fingerprint density at radius 3 is 1.42 bits per heavy atom. The maximum absolute atomic E-state index is 12.3. The number of carbonyl (C=O) groups is 1. The molecule has 0 atom stereocenters. The van der Waals surface area contributed by atoms with Crippen LogP contribution in [0, 0.1) is 5.92 Å². The number of aromatic nitrogens is 13. The number of hydrogen-bond acceptors (Lipinski definition) is 19. The third kappa shape index (κ3) is 16.8. The zero-order chi connectivity index (χ0) is 77.2. The van der Waals surface area contributed by atoms with Crippen LogP contribution in [0.15, 0.2) is 195 Å². The van der Waals surface area contributed by atoms with Gasteiger partial charge in [0.1, 0.15) is 5.69 Å². The largest absolute Gasteiger partial charge is 0.355 e. The molecule has 9 aromatic heterocycles. The molecule has 20 rings (SSSR count). The van der Waals surface area contributed by atoms with Gasteiger partial charge in [0, 0.05) is 175 Å². The maximum Gasteiger partial charge on any atom is 0.242 e. The lowest BCUT2D eigenvalue weighted by molar-refractivity contribution is -0.117. The van der Waals surface area contributed by atoms with E-state index in [2.05, 4.69) is 196 Å². The van der Waals surface area contributed by atoms with Crippen LogP contribution in [-0.4, -0.2) is 149 Å². The van der Waals surface area contributed by atoms with Crippen LogP contribution in [0.2, 0.25) is 0 Å². The van der Waals surface area contributed by atoms with Crippen LogP contribution in [0.4, 0.5) is 23.1 Å². The van der Waals surface area contributed by atoms with Crippen molar-refractivity contribution in [2.45, 2.75) is 125 Å². The minimum Gasteiger partial charge on any atom is -0.355 e. The summed E-state index contributed by atoms with van der Waals surface area (Å²) in [4.78, 5) is 80.1. The molecule has 3 fully saturated rings. The number of sulfonamides is 1. The number of anilines is 4. The topological polar surface area (TPSA) is 235 Å². The Hall–Kier alpha value is -11.9. The highest BCUT2D eigenvalue weighted by molar-refractivity contribution is 7.89. The Kier molecular flexibility index (Phi) is 23.7. The van der Waals surface area contributed by atoms with E-state index in [0.29, 0.717) is 17.1 Å². The lowest BCUT2D eigenvalue weighted by Gasteiger charge is -2.35. The minimum absolute atomic E-state index is 0. The molecule has 0 spiro atoms. The second kappa shape index (κ2) is 34.2. The summed E-state index contributed by atoms with van der Waals surface area (Å²) in [7, 11) is 1.80. The number of nitrogens with zero attached hydrogens (tertiary/aromatic N) is 18. The molecule has 2 aromatic carbocycles. The number of fused-ring (bicyclic) bond motifs is 6. The second-order valence-electron chi connectivity index (χ2n) is 30.2. The van der Waals surface area contributed by atoms with Gasteiger partial charge >= 0.3 is 0 Å². The molecular formula is C92H98N18O3S. The molecule has 11 aromatic rings. The SMILES string of the molecule is C.C.CC1=CCc2ncc(-c3cccc(S(=O)(=O)N(C)C)c3)cc21.CC1=CCc2ncc(-c3cncc(CC4CN(C)C4)n3)cc21.CC1=CCc2ncc(-c3cncc(N4CCCC4=O)n3)cc21.CC1=CCc2ncc(-c3cncc(N4CCc5ccccc54)n3)cc21.CC1=CCc2ncc(-c3nccnc3N3CCCC3)cc21. The van der Waals surface area contributed by atoms with Crippen LogP contribution in [-0.2, 0) is 59.8 Å². The van der Waals surface area contributed by atoms with Gasteiger partial charge in [-0.15, -0.1) is 0 Å². The van der Waals surface area contributed by atoms with Gasteiger partial charge in [-0.1, -0.05) is 75.6 Å². The Balaban J connectivity index is 0.000000118. The number of allylic oxidation sites excluding steroid dienone is 10. The predicted molar refractivity (Wildman–Crippen MR) is 457 cm³/mol. The van der Waals surface area contributed by atoms with E-state index in [1.807, 2.05) is 61.8 Å². The normalized spacial score (nSPS) is 15.9. The molecule has 0 N–H and O–H groups in total. The first-order chi connectivity index (χ1) is 54.4. The van der Waals surface area contributed by atoms with E-state index in [4.69, 9.17) is 9.97 Å². The zero-order valence-corrected chi connectivity index (χ0v) is 65.5. The van der Waals surface area contributed by atoms with Crippen molar-refractivity contribution in [1.82, 2.24) is 74.0 Å². The Labute approximate surface area is 669 Å². The summed E-state index contributed by atoms with van der Waals surface area (Å²) in [6.07, 6.45) is 45.4. The standard InChI is InChI=1S/C21H18N4.C18H20N4.C17H16N4O.C17H18N4.C17H18N2O2S.2CH4/c1-14-6-7-18-17(14)10-16(11-23-18)19-12-22-13-21(24-19)25-9-8-15-4-2-3-5-20(15)25;1-12-3-4-17-16(12)6-14(7-20-17)18-9-19-8-15(21-18)5-13-10-22(2)11-13;1-11-4-5-14-13(11)7-12(8-19-14)15-9-18-10-16(20-15)21-6-2-3-17(21)22;1-12-4-5-15-14(12)10-13(11-20-15)16-17(19-7-6-18-16)21-8-2-3-9-21;1-12-7-8-17-16(12)10-14(11-18-17)13-5-4-6-15(9-13)22(20,21)19(2)3;;/h2-6,10-13H,7-9H2,1H3;3,6-9,13H,4-5,10-11H2,1-2H3;4,7-10H,2-3,5-6H2,1H3;4,6-7,10-11H,2-3,5,8-9H2,1H3;4-7,9-11H,8H2,1-3H3;2*1H4. The molecule has 4 aliphatic heterocycles. The highest BCUT2D eigenvalue weighted by Crippen LogP contribution is 2.39. The van der Waals surface area contributed by atoms with Crippen LogP contribution >= 0.6 is 0 Å². The summed E-state index contributed by atoms with van der Waals surface area (Å²) in [5, 5.41) is 0. The number of likely N-dealkylation sites (tertiary alicyclic amines) is 1. The maximum atomic E-state index is 12.3. The number of amides is 1. The molecule has 580 valence electrons. The molecule has 0 radical (unpaired) electrons. The highest BCUT2D eigenvalue weighted by atomic mass is 32.2. The molecular weight excluding hydrogens is 1440 g/mol. The number of carbonyl (C=O) groups excluding carboxylic acids is 1. The first-order valence-electron chi connectivity index (χ1n) is 38.6. The number of pyridine rings is 5. The van der Waals surface area contributed by atoms with E-state index in [0.717, 1.165) is 193 Å². The van der Waals surface area contributed by atoms with Crippen molar-refractivity contribution in [3.63, 3.8) is 0 Å². The summed E-state index contributed by atoms with van der Waals surface area (Å²) in [6.45, 7) is 16.7. The van der Waals surface area contributed by atoms with Gasteiger partial charge < -0.3 is 14.7 Å². The Morgan fingerprint density at radius 1 is 0.447 bits per heavy atom. The molecule has 9 aliphatic rings. The molecule has 1 amide bonds. The minimum atomic E-state index is -3.43. The van der Waals surface area contributed by atoms with Crippen LogP contribution in [0.3, 0.4) is 0 Å². The molecule has 21 nitrogen and oxygen atoms in total. The molecule has 13 heterocycles. The molecule has 0 saturated carbocycles. The molecule has 5 aliphatic carbocycles. The molecule has 114 heavy (non-hydrogen) atoms. The van der Waals surface area contributed by atoms with E-state index in [9.17, 15) is 13.2 Å². The number of hydrogen-bond donors (Lipinski definition) is 0. The van der Waals surface area contributed by atoms with Crippen molar-refractivity contribution >= 4 is 66.9 Å². The number of rotatable bonds is 12. The van der Waals surface area contributed by atoms with E-state index in [1.54, 1.807) is 47.9 Å². The third-order valence-corrected chi connectivity index (χ3v) is 24.1. The Bertz CT molecular complexity index is 5760. The van der Waals surface area contributed by atoms with E-state index in [-0.39, 0.29) is 20.8 Å². The summed E-state index contributed by atoms with van der Waals surface area (Å²) in [5.41, 5.74) is 31.2. The first-order valence-corrected chi connectivity index (χ1v) is 40.1. The summed E-state index contributed by atoms with van der Waals surface area (Å²) < 4.78 is 25.7. The van der Waals surface area contributed by atoms with Crippen molar-refractivity contribution < 1.29 is 13.2 Å². The quantitative estimate of drug-likeness (QED) is 0.111. The molecule has 0 bridgehead atoms. The average molecular weight is 1540 g/mol. The van der Waals surface area contributed by atoms with Crippen LogP contribution in [0.1, 0.15) is 143 Å². The number of para-hydroxylation sites is 1. The lowest BCUT2D eigenvalue weighted by Crippen LogP contribution is -2.44. The first kappa shape index (κ1) is 78.8. The fraction of sp³-hybridized carbons (Fsp3) is 0.304. The fourth-order valence-corrected chi connectivity index (χ4v) is 16.8. The van der Waals surface area contributed by atoms with E-state index >= 15 is 0 Å². The van der Waals surface area contributed by atoms with Crippen LogP contribution in [0.25, 0.3) is 84.0 Å². The average Bonchev–Trinajstić information content (AvgIpc) is 1.76. The van der Waals surface area contributed by atoms with Crippen molar-refractivity contribution in [3.8, 4) is 56.2 Å². The van der Waals surface area contributed by atoms with Crippen molar-refractivity contribution in [2.24, 2.45) is 5.92 Å². The number of benzene rings is 2. The van der Waals surface area contributed by atoms with E-state index in [1.165, 1.54) is 104 Å². The smallest absolute Gasteiger partial charge is 0.242 e.